The van der Waals surface area contributed by atoms with E-state index in [-0.39, 0.29) is 17.4 Å². The van der Waals surface area contributed by atoms with Crippen LogP contribution in [-0.4, -0.2) is 44.4 Å². The Labute approximate surface area is 152 Å². The first-order chi connectivity index (χ1) is 12.5. The summed E-state index contributed by atoms with van der Waals surface area (Å²) in [7, 11) is 0. The van der Waals surface area contributed by atoms with Crippen LogP contribution in [0.15, 0.2) is 48.5 Å². The lowest BCUT2D eigenvalue weighted by Crippen LogP contribution is -3.15. The molecule has 1 fully saturated rings. The number of carbonyl (C=O) groups is 2. The normalized spacial score (nSPS) is 14.9. The summed E-state index contributed by atoms with van der Waals surface area (Å²) in [6.07, 6.45) is 0. The number of ketones is 1. The number of nitrogens with zero attached hydrogens (tertiary/aromatic N) is 1. The summed E-state index contributed by atoms with van der Waals surface area (Å²) in [5, 5.41) is 2.64. The third kappa shape index (κ3) is 4.46. The molecule has 0 unspecified atom stereocenters. The Balaban J connectivity index is 1.49. The Kier molecular flexibility index (Phi) is 5.63. The summed E-state index contributed by atoms with van der Waals surface area (Å²) in [5.74, 6) is -0.536. The Morgan fingerprint density at radius 3 is 2.35 bits per heavy atom. The topological polar surface area (TPSA) is 53.9 Å². The van der Waals surface area contributed by atoms with E-state index in [0.717, 1.165) is 31.9 Å². The Bertz CT molecular complexity index is 784. The summed E-state index contributed by atoms with van der Waals surface area (Å²) in [5.41, 5.74) is 2.02. The molecule has 1 heterocycles. The van der Waals surface area contributed by atoms with Crippen LogP contribution in [0.2, 0.25) is 0 Å². The predicted octanol–water partition coefficient (Wildman–Crippen LogP) is 1.37. The van der Waals surface area contributed by atoms with Crippen LogP contribution in [0.3, 0.4) is 0 Å². The quantitative estimate of drug-likeness (QED) is 0.796. The van der Waals surface area contributed by atoms with Crippen LogP contribution in [0.4, 0.5) is 15.8 Å². The van der Waals surface area contributed by atoms with Crippen LogP contribution in [-0.2, 0) is 4.79 Å². The molecule has 0 atom stereocenters. The first-order valence-corrected chi connectivity index (χ1v) is 8.77. The van der Waals surface area contributed by atoms with Gasteiger partial charge in [0.25, 0.3) is 5.91 Å². The van der Waals surface area contributed by atoms with Crippen molar-refractivity contribution in [3.05, 3.63) is 59.9 Å². The van der Waals surface area contributed by atoms with Gasteiger partial charge in [0.2, 0.25) is 0 Å². The summed E-state index contributed by atoms with van der Waals surface area (Å²) < 4.78 is 13.6. The van der Waals surface area contributed by atoms with E-state index in [0.29, 0.717) is 12.1 Å². The molecule has 2 aromatic carbocycles. The fraction of sp³-hybridized carbons (Fsp3) is 0.300. The van der Waals surface area contributed by atoms with Gasteiger partial charge in [-0.3, -0.25) is 9.59 Å². The van der Waals surface area contributed by atoms with Gasteiger partial charge in [0.1, 0.15) is 5.82 Å². The van der Waals surface area contributed by atoms with E-state index >= 15 is 0 Å². The highest BCUT2D eigenvalue weighted by atomic mass is 19.1. The maximum Gasteiger partial charge on any atom is 0.279 e. The zero-order valence-electron chi connectivity index (χ0n) is 14.8. The zero-order valence-corrected chi connectivity index (χ0v) is 14.8. The highest BCUT2D eigenvalue weighted by Gasteiger charge is 2.22. The Morgan fingerprint density at radius 1 is 1.08 bits per heavy atom. The number of amides is 1. The third-order valence-electron chi connectivity index (χ3n) is 4.67. The first-order valence-electron chi connectivity index (χ1n) is 8.77. The number of benzene rings is 2. The second kappa shape index (κ2) is 8.10. The van der Waals surface area contributed by atoms with Crippen molar-refractivity contribution >= 4 is 23.1 Å². The standard InChI is InChI=1S/C20H22FN3O2/c1-15(25)16-6-8-17(9-7-16)24-12-10-23(11-13-24)14-20(26)22-19-5-3-2-4-18(19)21/h2-9H,10-14H2,1H3,(H,22,26)/p+1. The molecule has 0 aromatic heterocycles. The van der Waals surface area contributed by atoms with Gasteiger partial charge in [-0.1, -0.05) is 12.1 Å². The minimum atomic E-state index is -0.422. The minimum absolute atomic E-state index is 0.0617. The van der Waals surface area contributed by atoms with Crippen molar-refractivity contribution in [3.63, 3.8) is 0 Å². The Morgan fingerprint density at radius 2 is 1.73 bits per heavy atom. The van der Waals surface area contributed by atoms with E-state index in [1.165, 1.54) is 11.0 Å². The maximum atomic E-state index is 13.6. The molecule has 3 rings (SSSR count). The average Bonchev–Trinajstić information content (AvgIpc) is 2.64. The summed E-state index contributed by atoms with van der Waals surface area (Å²) in [6.45, 7) is 5.22. The van der Waals surface area contributed by atoms with E-state index in [4.69, 9.17) is 0 Å². The molecule has 0 spiro atoms. The number of hydrogen-bond donors (Lipinski definition) is 2. The molecule has 2 aromatic rings. The summed E-state index contributed by atoms with van der Waals surface area (Å²) in [6, 6.07) is 13.8. The molecule has 0 saturated carbocycles. The molecular formula is C20H23FN3O2+. The molecule has 1 saturated heterocycles. The van der Waals surface area contributed by atoms with Crippen LogP contribution in [0.1, 0.15) is 17.3 Å². The number of nitrogens with one attached hydrogen (secondary N) is 2. The molecular weight excluding hydrogens is 333 g/mol. The zero-order chi connectivity index (χ0) is 18.5. The molecule has 0 bridgehead atoms. The van der Waals surface area contributed by atoms with Crippen LogP contribution in [0, 0.1) is 5.82 Å². The number of anilines is 2. The lowest BCUT2D eigenvalue weighted by molar-refractivity contribution is -0.892. The summed E-state index contributed by atoms with van der Waals surface area (Å²) >= 11 is 0. The lowest BCUT2D eigenvalue weighted by Gasteiger charge is -2.33. The number of Topliss-reactive ketones (excluding diaryl/α,β-unsaturated/α-hetero) is 1. The van der Waals surface area contributed by atoms with Gasteiger partial charge >= 0.3 is 0 Å². The number of para-hydroxylation sites is 1. The number of quaternary nitrogens is 1. The largest absolute Gasteiger partial charge is 0.360 e. The highest BCUT2D eigenvalue weighted by molar-refractivity contribution is 5.94. The van der Waals surface area contributed by atoms with Gasteiger partial charge in [-0.15, -0.1) is 0 Å². The molecule has 0 radical (unpaired) electrons. The number of carbonyl (C=O) groups excluding carboxylic acids is 2. The smallest absolute Gasteiger partial charge is 0.279 e. The van der Waals surface area contributed by atoms with Crippen LogP contribution < -0.4 is 15.1 Å². The first kappa shape index (κ1) is 18.1. The number of rotatable bonds is 5. The van der Waals surface area contributed by atoms with Crippen molar-refractivity contribution < 1.29 is 18.9 Å². The second-order valence-electron chi connectivity index (χ2n) is 6.54. The number of piperazine rings is 1. The van der Waals surface area contributed by atoms with Crippen molar-refractivity contribution in [2.24, 2.45) is 0 Å². The molecule has 1 amide bonds. The maximum absolute atomic E-state index is 13.6. The van der Waals surface area contributed by atoms with Crippen molar-refractivity contribution in [2.45, 2.75) is 6.92 Å². The van der Waals surface area contributed by atoms with Gasteiger partial charge in [-0.05, 0) is 43.3 Å². The number of hydrogen-bond acceptors (Lipinski definition) is 3. The second-order valence-corrected chi connectivity index (χ2v) is 6.54. The van der Waals surface area contributed by atoms with Gasteiger partial charge in [-0.2, -0.15) is 0 Å². The minimum Gasteiger partial charge on any atom is -0.360 e. The van der Waals surface area contributed by atoms with Crippen molar-refractivity contribution in [1.29, 1.82) is 0 Å². The fourth-order valence-corrected chi connectivity index (χ4v) is 3.15. The van der Waals surface area contributed by atoms with Crippen LogP contribution in [0.25, 0.3) is 0 Å². The highest BCUT2D eigenvalue weighted by Crippen LogP contribution is 2.15. The average molecular weight is 356 g/mol. The van der Waals surface area contributed by atoms with Gasteiger partial charge in [-0.25, -0.2) is 4.39 Å². The molecule has 0 aliphatic carbocycles. The molecule has 6 heteroatoms. The molecule has 1 aliphatic rings. The third-order valence-corrected chi connectivity index (χ3v) is 4.67. The van der Waals surface area contributed by atoms with Gasteiger partial charge in [0, 0.05) is 11.3 Å². The van der Waals surface area contributed by atoms with Crippen LogP contribution >= 0.6 is 0 Å². The Hall–Kier alpha value is -2.73. The van der Waals surface area contributed by atoms with E-state index in [1.807, 2.05) is 24.3 Å². The van der Waals surface area contributed by atoms with Crippen molar-refractivity contribution in [3.8, 4) is 0 Å². The van der Waals surface area contributed by atoms with Crippen molar-refractivity contribution in [1.82, 2.24) is 0 Å². The SMILES string of the molecule is CC(=O)c1ccc(N2CC[NH+](CC(=O)Nc3ccccc3F)CC2)cc1. The molecule has 1 aliphatic heterocycles. The van der Waals surface area contributed by atoms with Crippen LogP contribution in [0.5, 0.6) is 0 Å². The molecule has 136 valence electrons. The molecule has 26 heavy (non-hydrogen) atoms. The van der Waals surface area contributed by atoms with E-state index in [9.17, 15) is 14.0 Å². The van der Waals surface area contributed by atoms with E-state index in [2.05, 4.69) is 10.2 Å². The van der Waals surface area contributed by atoms with Gasteiger partial charge in [0.05, 0.1) is 31.9 Å². The number of halogens is 1. The fourth-order valence-electron chi connectivity index (χ4n) is 3.15. The van der Waals surface area contributed by atoms with Gasteiger partial charge in [0.15, 0.2) is 12.3 Å². The van der Waals surface area contributed by atoms with Crippen molar-refractivity contribution in [2.75, 3.05) is 42.9 Å². The summed E-state index contributed by atoms with van der Waals surface area (Å²) in [4.78, 5) is 26.9. The monoisotopic (exact) mass is 356 g/mol. The van der Waals surface area contributed by atoms with E-state index in [1.54, 1.807) is 25.1 Å². The molecule has 5 nitrogen and oxygen atoms in total. The molecule has 2 N–H and O–H groups in total. The lowest BCUT2D eigenvalue weighted by atomic mass is 10.1. The predicted molar refractivity (Wildman–Crippen MR) is 99.3 cm³/mol. The van der Waals surface area contributed by atoms with E-state index < -0.39 is 5.82 Å². The van der Waals surface area contributed by atoms with Gasteiger partial charge < -0.3 is 15.1 Å².